The lowest BCUT2D eigenvalue weighted by Crippen LogP contribution is -2.06. The zero-order valence-corrected chi connectivity index (χ0v) is 10.2. The molecule has 94 valence electrons. The number of carboxylic acid groups (broad SMARTS) is 1. The number of carboxylic acids is 1. The largest absolute Gasteiger partial charge is 0.477 e. The average Bonchev–Trinajstić information content (AvgIpc) is 2.68. The Balaban J connectivity index is 2.70. The third-order valence-corrected chi connectivity index (χ3v) is 2.82. The Morgan fingerprint density at radius 3 is 2.67 bits per heavy atom. The van der Waals surface area contributed by atoms with Crippen molar-refractivity contribution in [2.45, 2.75) is 20.3 Å². The summed E-state index contributed by atoms with van der Waals surface area (Å²) in [5, 5.41) is 12.7. The fourth-order valence-electron chi connectivity index (χ4n) is 2.12. The summed E-state index contributed by atoms with van der Waals surface area (Å²) >= 11 is 0. The van der Waals surface area contributed by atoms with Crippen molar-refractivity contribution in [1.82, 2.24) is 4.98 Å². The summed E-state index contributed by atoms with van der Waals surface area (Å²) in [5.41, 5.74) is 2.19. The molecule has 0 unspecified atom stereocenters. The maximum Gasteiger partial charge on any atom is 0.352 e. The molecule has 0 atom stereocenters. The number of fused-ring (bicyclic) bond motifs is 1. The Morgan fingerprint density at radius 1 is 1.39 bits per heavy atom. The number of H-pyrrole nitrogens is 1. The smallest absolute Gasteiger partial charge is 0.352 e. The van der Waals surface area contributed by atoms with E-state index in [9.17, 15) is 9.59 Å². The van der Waals surface area contributed by atoms with Crippen LogP contribution in [0.2, 0.25) is 0 Å². The molecule has 0 aliphatic carbocycles. The van der Waals surface area contributed by atoms with E-state index in [0.717, 1.165) is 10.9 Å². The van der Waals surface area contributed by atoms with Gasteiger partial charge >= 0.3 is 5.97 Å². The van der Waals surface area contributed by atoms with Crippen LogP contribution in [0.3, 0.4) is 0 Å². The molecule has 2 rings (SSSR count). The number of nitrogens with one attached hydrogen (secondary N) is 2. The van der Waals surface area contributed by atoms with Gasteiger partial charge < -0.3 is 15.4 Å². The van der Waals surface area contributed by atoms with Crippen LogP contribution in [0.15, 0.2) is 18.2 Å². The molecule has 1 amide bonds. The van der Waals surface area contributed by atoms with Crippen molar-refractivity contribution < 1.29 is 14.7 Å². The van der Waals surface area contributed by atoms with Crippen LogP contribution in [0.25, 0.3) is 10.9 Å². The number of anilines is 1. The number of amides is 1. The van der Waals surface area contributed by atoms with Gasteiger partial charge in [0.25, 0.3) is 0 Å². The lowest BCUT2D eigenvalue weighted by atomic mass is 10.1. The summed E-state index contributed by atoms with van der Waals surface area (Å²) in [6.45, 7) is 3.32. The summed E-state index contributed by atoms with van der Waals surface area (Å²) in [5.74, 6) is -1.18. The molecule has 0 fully saturated rings. The fraction of sp³-hybridized carbons (Fsp3) is 0.231. The maximum absolute atomic E-state index is 11.2. The highest BCUT2D eigenvalue weighted by molar-refractivity contribution is 6.05. The van der Waals surface area contributed by atoms with E-state index in [1.165, 1.54) is 6.92 Å². The molecule has 5 nitrogen and oxygen atoms in total. The topological polar surface area (TPSA) is 82.2 Å². The zero-order valence-electron chi connectivity index (χ0n) is 10.2. The number of hydrogen-bond donors (Lipinski definition) is 3. The van der Waals surface area contributed by atoms with E-state index in [2.05, 4.69) is 10.3 Å². The second-order valence-corrected chi connectivity index (χ2v) is 4.05. The summed E-state index contributed by atoms with van der Waals surface area (Å²) < 4.78 is 0. The second-order valence-electron chi connectivity index (χ2n) is 4.05. The van der Waals surface area contributed by atoms with E-state index in [0.29, 0.717) is 17.6 Å². The lowest BCUT2D eigenvalue weighted by molar-refractivity contribution is -0.114. The lowest BCUT2D eigenvalue weighted by Gasteiger charge is -2.03. The molecule has 0 saturated carbocycles. The number of rotatable bonds is 3. The van der Waals surface area contributed by atoms with Crippen LogP contribution in [0.5, 0.6) is 0 Å². The van der Waals surface area contributed by atoms with E-state index in [4.69, 9.17) is 5.11 Å². The Kier molecular flexibility index (Phi) is 3.06. The van der Waals surface area contributed by atoms with Crippen LogP contribution < -0.4 is 5.32 Å². The number of hydrogen-bond acceptors (Lipinski definition) is 2. The van der Waals surface area contributed by atoms with Crippen LogP contribution >= 0.6 is 0 Å². The Morgan fingerprint density at radius 2 is 2.11 bits per heavy atom. The Labute approximate surface area is 104 Å². The quantitative estimate of drug-likeness (QED) is 0.777. The number of carbonyl (C=O) groups excluding carboxylic acids is 1. The maximum atomic E-state index is 11.2. The Bertz CT molecular complexity index is 628. The first-order chi connectivity index (χ1) is 8.54. The van der Waals surface area contributed by atoms with E-state index in [1.807, 2.05) is 13.0 Å². The van der Waals surface area contributed by atoms with E-state index >= 15 is 0 Å². The van der Waals surface area contributed by atoms with Crippen molar-refractivity contribution in [2.75, 3.05) is 5.32 Å². The SMILES string of the molecule is CCc1c(C(=O)O)[nH]c2c(NC(C)=O)cccc12. The molecule has 2 aromatic rings. The highest BCUT2D eigenvalue weighted by atomic mass is 16.4. The number of para-hydroxylation sites is 1. The predicted molar refractivity (Wildman–Crippen MR) is 68.9 cm³/mol. The number of aromatic nitrogens is 1. The van der Waals surface area contributed by atoms with Gasteiger partial charge in [0.2, 0.25) is 5.91 Å². The molecular formula is C13H14N2O3. The minimum Gasteiger partial charge on any atom is -0.477 e. The van der Waals surface area contributed by atoms with Crippen molar-refractivity contribution in [3.8, 4) is 0 Å². The molecule has 1 heterocycles. The van der Waals surface area contributed by atoms with Gasteiger partial charge in [0.15, 0.2) is 0 Å². The predicted octanol–water partition coefficient (Wildman–Crippen LogP) is 2.39. The third kappa shape index (κ3) is 1.95. The van der Waals surface area contributed by atoms with Crippen molar-refractivity contribution >= 4 is 28.5 Å². The van der Waals surface area contributed by atoms with Gasteiger partial charge in [-0.25, -0.2) is 4.79 Å². The average molecular weight is 246 g/mol. The first-order valence-electron chi connectivity index (χ1n) is 5.69. The van der Waals surface area contributed by atoms with Crippen molar-refractivity contribution in [3.63, 3.8) is 0 Å². The molecule has 18 heavy (non-hydrogen) atoms. The number of aromatic amines is 1. The summed E-state index contributed by atoms with van der Waals surface area (Å²) in [7, 11) is 0. The van der Waals surface area contributed by atoms with Crippen LogP contribution in [0.4, 0.5) is 5.69 Å². The van der Waals surface area contributed by atoms with Crippen molar-refractivity contribution in [1.29, 1.82) is 0 Å². The van der Waals surface area contributed by atoms with Crippen LogP contribution in [-0.4, -0.2) is 22.0 Å². The Hall–Kier alpha value is -2.30. The van der Waals surface area contributed by atoms with Crippen molar-refractivity contribution in [3.05, 3.63) is 29.5 Å². The molecule has 0 spiro atoms. The first kappa shape index (κ1) is 12.2. The van der Waals surface area contributed by atoms with Gasteiger partial charge in [0, 0.05) is 12.3 Å². The zero-order chi connectivity index (χ0) is 13.3. The minimum atomic E-state index is -0.989. The van der Waals surface area contributed by atoms with Gasteiger partial charge in [-0.15, -0.1) is 0 Å². The van der Waals surface area contributed by atoms with Gasteiger partial charge in [-0.2, -0.15) is 0 Å². The van der Waals surface area contributed by atoms with Crippen molar-refractivity contribution in [2.24, 2.45) is 0 Å². The van der Waals surface area contributed by atoms with Crippen LogP contribution in [0, 0.1) is 0 Å². The van der Waals surface area contributed by atoms with E-state index < -0.39 is 5.97 Å². The molecule has 3 N–H and O–H groups in total. The van der Waals surface area contributed by atoms with Crippen LogP contribution in [0.1, 0.15) is 29.9 Å². The number of carbonyl (C=O) groups is 2. The second kappa shape index (κ2) is 4.52. The molecule has 0 radical (unpaired) electrons. The highest BCUT2D eigenvalue weighted by Gasteiger charge is 2.17. The summed E-state index contributed by atoms with van der Waals surface area (Å²) in [6, 6.07) is 5.39. The molecule has 0 aliphatic rings. The van der Waals surface area contributed by atoms with E-state index in [1.54, 1.807) is 12.1 Å². The normalized spacial score (nSPS) is 10.6. The fourth-order valence-corrected chi connectivity index (χ4v) is 2.12. The molecule has 0 bridgehead atoms. The first-order valence-corrected chi connectivity index (χ1v) is 5.69. The summed E-state index contributed by atoms with van der Waals surface area (Å²) in [4.78, 5) is 25.2. The number of aromatic carboxylic acids is 1. The molecule has 0 aliphatic heterocycles. The van der Waals surface area contributed by atoms with Gasteiger partial charge in [-0.05, 0) is 18.1 Å². The number of aryl methyl sites for hydroxylation is 1. The van der Waals surface area contributed by atoms with Crippen LogP contribution in [-0.2, 0) is 11.2 Å². The molecular weight excluding hydrogens is 232 g/mol. The molecule has 1 aromatic carbocycles. The third-order valence-electron chi connectivity index (χ3n) is 2.82. The minimum absolute atomic E-state index is 0.185. The monoisotopic (exact) mass is 246 g/mol. The van der Waals surface area contributed by atoms with Gasteiger partial charge in [0.05, 0.1) is 11.2 Å². The van der Waals surface area contributed by atoms with Gasteiger partial charge in [-0.1, -0.05) is 19.1 Å². The highest BCUT2D eigenvalue weighted by Crippen LogP contribution is 2.28. The molecule has 5 heteroatoms. The molecule has 1 aromatic heterocycles. The molecule has 0 saturated heterocycles. The van der Waals surface area contributed by atoms with E-state index in [-0.39, 0.29) is 11.6 Å². The number of benzene rings is 1. The van der Waals surface area contributed by atoms with Gasteiger partial charge in [0.1, 0.15) is 5.69 Å². The van der Waals surface area contributed by atoms with Gasteiger partial charge in [-0.3, -0.25) is 4.79 Å². The standard InChI is InChI=1S/C13H14N2O3/c1-3-8-9-5-4-6-10(14-7(2)16)11(9)15-12(8)13(17)18/h4-6,15H,3H2,1-2H3,(H,14,16)(H,17,18). The summed E-state index contributed by atoms with van der Waals surface area (Å²) in [6.07, 6.45) is 0.616.